The number of anilines is 1. The first-order valence-electron chi connectivity index (χ1n) is 8.06. The van der Waals surface area contributed by atoms with Gasteiger partial charge in [0.1, 0.15) is 10.6 Å². The Balaban J connectivity index is 2.04. The summed E-state index contributed by atoms with van der Waals surface area (Å²) in [6, 6.07) is 12.2. The fourth-order valence-corrected chi connectivity index (χ4v) is 4.33. The number of hydrogen-bond acceptors (Lipinski definition) is 4. The zero-order chi connectivity index (χ0) is 20.4. The molecule has 0 bridgehead atoms. The molecule has 0 aliphatic heterocycles. The normalized spacial score (nSPS) is 10.6. The first-order chi connectivity index (χ1) is 13.3. The topological polar surface area (TPSA) is 55.4 Å². The van der Waals surface area contributed by atoms with Crippen LogP contribution in [0, 0.1) is 6.92 Å². The molecule has 28 heavy (non-hydrogen) atoms. The third-order valence-corrected chi connectivity index (χ3v) is 6.30. The molecule has 0 atom stereocenters. The van der Waals surface area contributed by atoms with Crippen LogP contribution in [0.5, 0.6) is 0 Å². The maximum atomic E-state index is 12.7. The predicted octanol–water partition coefficient (Wildman–Crippen LogP) is 6.83. The van der Waals surface area contributed by atoms with E-state index in [-0.39, 0.29) is 5.02 Å². The number of ether oxygens (including phenoxy) is 1. The predicted molar refractivity (Wildman–Crippen MR) is 118 cm³/mol. The number of hydrogen-bond donors (Lipinski definition) is 1. The number of methoxy groups -OCH3 is 1. The lowest BCUT2D eigenvalue weighted by Crippen LogP contribution is -2.14. The first kappa shape index (κ1) is 20.9. The second-order valence-electron chi connectivity index (χ2n) is 5.82. The molecule has 8 heteroatoms. The van der Waals surface area contributed by atoms with Crippen molar-refractivity contribution in [2.45, 2.75) is 6.92 Å². The van der Waals surface area contributed by atoms with Gasteiger partial charge in [-0.2, -0.15) is 0 Å². The highest BCUT2D eigenvalue weighted by Gasteiger charge is 2.25. The molecule has 144 valence electrons. The van der Waals surface area contributed by atoms with E-state index in [0.717, 1.165) is 20.5 Å². The molecule has 4 nitrogen and oxygen atoms in total. The van der Waals surface area contributed by atoms with Crippen molar-refractivity contribution < 1.29 is 14.3 Å². The summed E-state index contributed by atoms with van der Waals surface area (Å²) < 4.78 is 5.89. The van der Waals surface area contributed by atoms with E-state index in [2.05, 4.69) is 21.2 Å². The largest absolute Gasteiger partial charge is 0.465 e. The maximum Gasteiger partial charge on any atom is 0.341 e. The smallest absolute Gasteiger partial charge is 0.341 e. The summed E-state index contributed by atoms with van der Waals surface area (Å²) in [7, 11) is 1.31. The summed E-state index contributed by atoms with van der Waals surface area (Å²) in [6.07, 6.45) is 0. The van der Waals surface area contributed by atoms with Crippen LogP contribution in [0.2, 0.25) is 10.0 Å². The Morgan fingerprint density at radius 2 is 1.75 bits per heavy atom. The maximum absolute atomic E-state index is 12.7. The SMILES string of the molecule is COC(=O)c1c(NC(=O)c2ccc(Cl)c(Cl)c2)sc(C)c1-c1ccc(Br)cc1. The molecule has 0 unspecified atom stereocenters. The molecule has 1 heterocycles. The monoisotopic (exact) mass is 497 g/mol. The van der Waals surface area contributed by atoms with Gasteiger partial charge in [-0.05, 0) is 42.8 Å². The Morgan fingerprint density at radius 3 is 2.36 bits per heavy atom. The van der Waals surface area contributed by atoms with Gasteiger partial charge in [-0.3, -0.25) is 4.79 Å². The number of esters is 1. The summed E-state index contributed by atoms with van der Waals surface area (Å²) in [5.74, 6) is -0.918. The number of aryl methyl sites for hydroxylation is 1. The Bertz CT molecular complexity index is 1060. The quantitative estimate of drug-likeness (QED) is 0.401. The van der Waals surface area contributed by atoms with E-state index < -0.39 is 11.9 Å². The van der Waals surface area contributed by atoms with Crippen LogP contribution in [0.15, 0.2) is 46.9 Å². The highest BCUT2D eigenvalue weighted by Crippen LogP contribution is 2.41. The molecule has 1 N–H and O–H groups in total. The fraction of sp³-hybridized carbons (Fsp3) is 0.100. The zero-order valence-electron chi connectivity index (χ0n) is 14.8. The van der Waals surface area contributed by atoms with E-state index in [1.807, 2.05) is 31.2 Å². The van der Waals surface area contributed by atoms with Crippen molar-refractivity contribution >= 4 is 67.3 Å². The number of amides is 1. The number of benzene rings is 2. The van der Waals surface area contributed by atoms with E-state index in [9.17, 15) is 9.59 Å². The van der Waals surface area contributed by atoms with Gasteiger partial charge in [0.2, 0.25) is 0 Å². The fourth-order valence-electron chi connectivity index (χ4n) is 2.71. The highest BCUT2D eigenvalue weighted by molar-refractivity contribution is 9.10. The molecule has 0 aliphatic carbocycles. The first-order valence-corrected chi connectivity index (χ1v) is 10.4. The Hall–Kier alpha value is -1.86. The molecule has 1 aromatic heterocycles. The van der Waals surface area contributed by atoms with Gasteiger partial charge in [-0.25, -0.2) is 4.79 Å². The number of halogens is 3. The Labute approximate surface area is 184 Å². The Kier molecular flexibility index (Phi) is 6.45. The van der Waals surface area contributed by atoms with Crippen LogP contribution >= 0.6 is 50.5 Å². The molecule has 0 saturated heterocycles. The zero-order valence-corrected chi connectivity index (χ0v) is 18.7. The molecule has 0 aliphatic rings. The van der Waals surface area contributed by atoms with Crippen LogP contribution in [0.25, 0.3) is 11.1 Å². The average Bonchev–Trinajstić information content (AvgIpc) is 2.99. The number of nitrogens with one attached hydrogen (secondary N) is 1. The second kappa shape index (κ2) is 8.66. The van der Waals surface area contributed by atoms with Crippen molar-refractivity contribution in [2.75, 3.05) is 12.4 Å². The summed E-state index contributed by atoms with van der Waals surface area (Å²) >= 11 is 16.6. The summed E-state index contributed by atoms with van der Waals surface area (Å²) in [4.78, 5) is 26.1. The van der Waals surface area contributed by atoms with Crippen molar-refractivity contribution in [3.63, 3.8) is 0 Å². The molecular formula is C20H14BrCl2NO3S. The van der Waals surface area contributed by atoms with Crippen molar-refractivity contribution in [3.05, 3.63) is 73.0 Å². The molecule has 2 aromatic carbocycles. The van der Waals surface area contributed by atoms with Crippen LogP contribution in [-0.2, 0) is 4.74 Å². The third kappa shape index (κ3) is 4.25. The lowest BCUT2D eigenvalue weighted by Gasteiger charge is -2.09. The molecule has 0 radical (unpaired) electrons. The van der Waals surface area contributed by atoms with Gasteiger partial charge in [-0.1, -0.05) is 51.3 Å². The van der Waals surface area contributed by atoms with Gasteiger partial charge in [0.15, 0.2) is 0 Å². The Morgan fingerprint density at radius 1 is 1.07 bits per heavy atom. The van der Waals surface area contributed by atoms with Crippen molar-refractivity contribution in [3.8, 4) is 11.1 Å². The van der Waals surface area contributed by atoms with E-state index in [1.165, 1.54) is 24.5 Å². The van der Waals surface area contributed by atoms with E-state index in [4.69, 9.17) is 27.9 Å². The van der Waals surface area contributed by atoms with Gasteiger partial charge in [0, 0.05) is 20.5 Å². The summed E-state index contributed by atoms with van der Waals surface area (Å²) in [6.45, 7) is 1.89. The average molecular weight is 499 g/mol. The van der Waals surface area contributed by atoms with E-state index in [1.54, 1.807) is 12.1 Å². The van der Waals surface area contributed by atoms with Crippen LogP contribution in [0.4, 0.5) is 5.00 Å². The lowest BCUT2D eigenvalue weighted by molar-refractivity contribution is 0.0603. The van der Waals surface area contributed by atoms with E-state index >= 15 is 0 Å². The number of rotatable bonds is 4. The molecular weight excluding hydrogens is 485 g/mol. The van der Waals surface area contributed by atoms with Gasteiger partial charge >= 0.3 is 5.97 Å². The molecule has 0 spiro atoms. The standard InChI is InChI=1S/C20H14BrCl2NO3S/c1-10-16(11-3-6-13(21)7-4-11)17(20(26)27-2)19(28-10)24-18(25)12-5-8-14(22)15(23)9-12/h3-9H,1-2H3,(H,24,25). The third-order valence-electron chi connectivity index (χ3n) is 4.02. The van der Waals surface area contributed by atoms with Gasteiger partial charge in [0.05, 0.1) is 17.2 Å². The molecule has 3 aromatic rings. The summed E-state index contributed by atoms with van der Waals surface area (Å²) in [5.41, 5.74) is 2.24. The van der Waals surface area contributed by atoms with Gasteiger partial charge in [-0.15, -0.1) is 11.3 Å². The van der Waals surface area contributed by atoms with Crippen LogP contribution in [0.3, 0.4) is 0 Å². The van der Waals surface area contributed by atoms with Crippen molar-refractivity contribution in [1.29, 1.82) is 0 Å². The highest BCUT2D eigenvalue weighted by atomic mass is 79.9. The summed E-state index contributed by atoms with van der Waals surface area (Å²) in [5, 5.41) is 3.85. The van der Waals surface area contributed by atoms with Crippen LogP contribution in [-0.4, -0.2) is 19.0 Å². The second-order valence-corrected chi connectivity index (χ2v) is 8.77. The minimum absolute atomic E-state index is 0.278. The van der Waals surface area contributed by atoms with Gasteiger partial charge in [0.25, 0.3) is 5.91 Å². The number of carbonyl (C=O) groups is 2. The van der Waals surface area contributed by atoms with Crippen LogP contribution in [0.1, 0.15) is 25.6 Å². The van der Waals surface area contributed by atoms with Crippen molar-refractivity contribution in [2.24, 2.45) is 0 Å². The molecule has 1 amide bonds. The molecule has 0 saturated carbocycles. The number of thiophene rings is 1. The minimum Gasteiger partial charge on any atom is -0.465 e. The van der Waals surface area contributed by atoms with Gasteiger partial charge < -0.3 is 10.1 Å². The number of carbonyl (C=O) groups excluding carboxylic acids is 2. The molecule has 3 rings (SSSR count). The minimum atomic E-state index is -0.522. The lowest BCUT2D eigenvalue weighted by atomic mass is 10.0. The van der Waals surface area contributed by atoms with Crippen LogP contribution < -0.4 is 5.32 Å². The van der Waals surface area contributed by atoms with Crippen molar-refractivity contribution in [1.82, 2.24) is 0 Å². The molecule has 0 fully saturated rings. The van der Waals surface area contributed by atoms with E-state index in [0.29, 0.717) is 21.2 Å².